The zero-order valence-electron chi connectivity index (χ0n) is 16.3. The molecule has 3 aromatic rings. The summed E-state index contributed by atoms with van der Waals surface area (Å²) in [6, 6.07) is 9.53. The molecule has 0 saturated heterocycles. The number of carbonyl (C=O) groups excluding carboxylic acids is 1. The molecule has 2 heterocycles. The van der Waals surface area contributed by atoms with E-state index < -0.39 is 17.6 Å². The quantitative estimate of drug-likeness (QED) is 0.483. The van der Waals surface area contributed by atoms with Gasteiger partial charge in [0, 0.05) is 23.1 Å². The number of anilines is 1. The molecule has 0 unspecified atom stereocenters. The maximum absolute atomic E-state index is 12.9. The lowest BCUT2D eigenvalue weighted by Gasteiger charge is -2.09. The van der Waals surface area contributed by atoms with Crippen molar-refractivity contribution in [1.82, 2.24) is 9.72 Å². The fourth-order valence-corrected chi connectivity index (χ4v) is 3.02. The van der Waals surface area contributed by atoms with Gasteiger partial charge < -0.3 is 9.84 Å². The summed E-state index contributed by atoms with van der Waals surface area (Å²) < 4.78 is 45.5. The molecule has 1 amide bonds. The van der Waals surface area contributed by atoms with Gasteiger partial charge in [0.2, 0.25) is 0 Å². The largest absolute Gasteiger partial charge is 0.416 e. The summed E-state index contributed by atoms with van der Waals surface area (Å²) in [5.41, 5.74) is 0.935. The van der Waals surface area contributed by atoms with Gasteiger partial charge >= 0.3 is 6.18 Å². The van der Waals surface area contributed by atoms with Crippen LogP contribution in [0.25, 0.3) is 11.9 Å². The Hall–Kier alpha value is -3.80. The summed E-state index contributed by atoms with van der Waals surface area (Å²) in [4.78, 5) is 12.5. The summed E-state index contributed by atoms with van der Waals surface area (Å²) >= 11 is 0. The lowest BCUT2D eigenvalue weighted by atomic mass is 10.1. The number of rotatable bonds is 4. The van der Waals surface area contributed by atoms with Crippen LogP contribution in [0.4, 0.5) is 18.9 Å². The summed E-state index contributed by atoms with van der Waals surface area (Å²) in [7, 11) is 0. The number of alkyl halides is 3. The fourth-order valence-electron chi connectivity index (χ4n) is 3.02. The summed E-state index contributed by atoms with van der Waals surface area (Å²) in [5, 5.41) is 15.7. The molecule has 0 aliphatic rings. The van der Waals surface area contributed by atoms with Gasteiger partial charge in [-0.05, 0) is 56.7 Å². The van der Waals surface area contributed by atoms with E-state index in [0.29, 0.717) is 17.1 Å². The van der Waals surface area contributed by atoms with Gasteiger partial charge in [-0.3, -0.25) is 9.36 Å². The van der Waals surface area contributed by atoms with Gasteiger partial charge in [-0.1, -0.05) is 11.2 Å². The third kappa shape index (κ3) is 4.27. The highest BCUT2D eigenvalue weighted by Gasteiger charge is 2.30. The van der Waals surface area contributed by atoms with Crippen LogP contribution in [0, 0.1) is 32.1 Å². The van der Waals surface area contributed by atoms with Crippen LogP contribution in [-0.4, -0.2) is 15.6 Å². The number of carbonyl (C=O) groups is 1. The number of benzene rings is 1. The molecule has 0 spiro atoms. The third-order valence-electron chi connectivity index (χ3n) is 4.43. The molecule has 9 heteroatoms. The SMILES string of the molecule is Cc1cc(-n2c(C)cc(/C=C(\C#N)C(=O)Nc3cccc(C(F)(F)F)c3)c2C)no1. The number of nitriles is 1. The molecule has 0 fully saturated rings. The molecule has 1 aromatic carbocycles. The van der Waals surface area contributed by atoms with Crippen molar-refractivity contribution < 1.29 is 22.5 Å². The van der Waals surface area contributed by atoms with E-state index in [1.807, 2.05) is 11.5 Å². The van der Waals surface area contributed by atoms with Crippen LogP contribution in [0.5, 0.6) is 0 Å². The van der Waals surface area contributed by atoms with Crippen LogP contribution in [0.3, 0.4) is 0 Å². The number of amides is 1. The van der Waals surface area contributed by atoms with Crippen molar-refractivity contribution in [1.29, 1.82) is 5.26 Å². The molecule has 6 nitrogen and oxygen atoms in total. The molecule has 1 N–H and O–H groups in total. The zero-order chi connectivity index (χ0) is 22.1. The standard InChI is InChI=1S/C21H17F3N4O2/c1-12-7-15(14(3)28(12)19-8-13(2)30-27-19)9-16(11-25)20(29)26-18-6-4-5-17(10-18)21(22,23)24/h4-10H,1-3H3,(H,26,29)/b16-9+. The number of nitrogens with zero attached hydrogens (tertiary/aromatic N) is 3. The second-order valence-corrected chi connectivity index (χ2v) is 6.66. The Morgan fingerprint density at radius 2 is 1.97 bits per heavy atom. The van der Waals surface area contributed by atoms with Gasteiger partial charge in [-0.25, -0.2) is 0 Å². The number of halogens is 3. The molecule has 3 rings (SSSR count). The predicted molar refractivity (Wildman–Crippen MR) is 104 cm³/mol. The molecule has 0 saturated carbocycles. The van der Waals surface area contributed by atoms with Gasteiger partial charge in [-0.2, -0.15) is 18.4 Å². The van der Waals surface area contributed by atoms with Crippen LogP contribution < -0.4 is 5.32 Å². The predicted octanol–water partition coefficient (Wildman–Crippen LogP) is 4.96. The molecular weight excluding hydrogens is 397 g/mol. The minimum Gasteiger partial charge on any atom is -0.360 e. The maximum Gasteiger partial charge on any atom is 0.416 e. The molecule has 0 aliphatic carbocycles. The lowest BCUT2D eigenvalue weighted by Crippen LogP contribution is -2.14. The van der Waals surface area contributed by atoms with E-state index in [1.54, 1.807) is 32.0 Å². The molecule has 0 atom stereocenters. The highest BCUT2D eigenvalue weighted by molar-refractivity contribution is 6.09. The third-order valence-corrected chi connectivity index (χ3v) is 4.43. The van der Waals surface area contributed by atoms with E-state index in [1.165, 1.54) is 18.2 Å². The van der Waals surface area contributed by atoms with Crippen molar-refractivity contribution in [2.45, 2.75) is 26.9 Å². The average Bonchev–Trinajstić information content (AvgIpc) is 3.21. The molecular formula is C21H17F3N4O2. The van der Waals surface area contributed by atoms with Crippen LogP contribution in [0.15, 0.2) is 46.5 Å². The first-order valence-corrected chi connectivity index (χ1v) is 8.83. The van der Waals surface area contributed by atoms with E-state index in [-0.39, 0.29) is 11.3 Å². The lowest BCUT2D eigenvalue weighted by molar-refractivity contribution is -0.137. The van der Waals surface area contributed by atoms with Crippen molar-refractivity contribution in [3.63, 3.8) is 0 Å². The molecule has 154 valence electrons. The smallest absolute Gasteiger partial charge is 0.360 e. The Kier molecular flexibility index (Phi) is 5.52. The number of hydrogen-bond acceptors (Lipinski definition) is 4. The van der Waals surface area contributed by atoms with Crippen LogP contribution in [-0.2, 0) is 11.0 Å². The van der Waals surface area contributed by atoms with Gasteiger partial charge in [0.1, 0.15) is 17.4 Å². The topological polar surface area (TPSA) is 83.9 Å². The Balaban J connectivity index is 1.90. The molecule has 0 bridgehead atoms. The van der Waals surface area contributed by atoms with E-state index in [2.05, 4.69) is 10.5 Å². The Bertz CT molecular complexity index is 1180. The maximum atomic E-state index is 12.9. The first-order valence-electron chi connectivity index (χ1n) is 8.83. The average molecular weight is 414 g/mol. The zero-order valence-corrected chi connectivity index (χ0v) is 16.3. The number of aromatic nitrogens is 2. The van der Waals surface area contributed by atoms with E-state index in [4.69, 9.17) is 4.52 Å². The first kappa shape index (κ1) is 20.9. The van der Waals surface area contributed by atoms with Crippen molar-refractivity contribution in [3.05, 3.63) is 70.2 Å². The van der Waals surface area contributed by atoms with Crippen LogP contribution in [0.2, 0.25) is 0 Å². The van der Waals surface area contributed by atoms with Gasteiger partial charge in [0.25, 0.3) is 5.91 Å². The van der Waals surface area contributed by atoms with Gasteiger partial charge in [0.15, 0.2) is 5.82 Å². The fraction of sp³-hybridized carbons (Fsp3) is 0.190. The van der Waals surface area contributed by atoms with Crippen LogP contribution >= 0.6 is 0 Å². The first-order chi connectivity index (χ1) is 14.1. The minimum absolute atomic E-state index is 0.0560. The van der Waals surface area contributed by atoms with E-state index >= 15 is 0 Å². The van der Waals surface area contributed by atoms with Crippen molar-refractivity contribution >= 4 is 17.7 Å². The minimum atomic E-state index is -4.54. The second-order valence-electron chi connectivity index (χ2n) is 6.66. The van der Waals surface area contributed by atoms with Crippen LogP contribution in [0.1, 0.15) is 28.3 Å². The van der Waals surface area contributed by atoms with E-state index in [9.17, 15) is 23.2 Å². The monoisotopic (exact) mass is 414 g/mol. The van der Waals surface area contributed by atoms with Crippen molar-refractivity contribution in [3.8, 4) is 11.9 Å². The van der Waals surface area contributed by atoms with E-state index in [0.717, 1.165) is 23.5 Å². The van der Waals surface area contributed by atoms with Crippen molar-refractivity contribution in [2.24, 2.45) is 0 Å². The summed E-state index contributed by atoms with van der Waals surface area (Å²) in [5.74, 6) is 0.390. The number of hydrogen-bond donors (Lipinski definition) is 1. The molecule has 0 radical (unpaired) electrons. The molecule has 30 heavy (non-hydrogen) atoms. The number of nitrogens with one attached hydrogen (secondary N) is 1. The van der Waals surface area contributed by atoms with Crippen molar-refractivity contribution in [2.75, 3.05) is 5.32 Å². The summed E-state index contributed by atoms with van der Waals surface area (Å²) in [6.07, 6.45) is -3.15. The Morgan fingerprint density at radius 3 is 2.57 bits per heavy atom. The van der Waals surface area contributed by atoms with Gasteiger partial charge in [-0.15, -0.1) is 0 Å². The Morgan fingerprint density at radius 1 is 1.23 bits per heavy atom. The highest BCUT2D eigenvalue weighted by atomic mass is 19.4. The normalized spacial score (nSPS) is 12.0. The highest BCUT2D eigenvalue weighted by Crippen LogP contribution is 2.31. The number of aryl methyl sites for hydroxylation is 2. The summed E-state index contributed by atoms with van der Waals surface area (Å²) in [6.45, 7) is 5.39. The second kappa shape index (κ2) is 7.91. The molecule has 0 aliphatic heterocycles. The Labute approximate surface area is 170 Å². The molecule has 2 aromatic heterocycles. The van der Waals surface area contributed by atoms with Gasteiger partial charge in [0.05, 0.1) is 5.56 Å².